The van der Waals surface area contributed by atoms with Crippen molar-refractivity contribution in [1.82, 2.24) is 19.9 Å². The molecule has 4 atom stereocenters. The summed E-state index contributed by atoms with van der Waals surface area (Å²) in [4.78, 5) is 19.2. The van der Waals surface area contributed by atoms with Crippen molar-refractivity contribution >= 4 is 5.91 Å². The third-order valence-corrected chi connectivity index (χ3v) is 7.05. The second-order valence-electron chi connectivity index (χ2n) is 8.59. The van der Waals surface area contributed by atoms with E-state index in [0.29, 0.717) is 12.3 Å². The number of hydrogen-bond acceptors (Lipinski definition) is 3. The van der Waals surface area contributed by atoms with Gasteiger partial charge in [0.25, 0.3) is 0 Å². The zero-order valence-electron chi connectivity index (χ0n) is 15.9. The Balaban J connectivity index is 1.62. The largest absolute Gasteiger partial charge is 0.303 e. The molecule has 1 amide bonds. The van der Waals surface area contributed by atoms with Crippen LogP contribution in [0.5, 0.6) is 0 Å². The lowest BCUT2D eigenvalue weighted by atomic mass is 9.63. The van der Waals surface area contributed by atoms with Crippen LogP contribution in [-0.4, -0.2) is 44.7 Å². The van der Waals surface area contributed by atoms with Crippen LogP contribution >= 0.6 is 0 Å². The number of hydrogen-bond donors (Lipinski definition) is 0. The molecule has 26 heavy (non-hydrogen) atoms. The summed E-state index contributed by atoms with van der Waals surface area (Å²) in [6.45, 7) is 14.8. The topological polar surface area (TPSA) is 55.4 Å². The molecule has 1 saturated carbocycles. The average Bonchev–Trinajstić information content (AvgIpc) is 3.29. The van der Waals surface area contributed by atoms with Gasteiger partial charge < -0.3 is 0 Å². The molecule has 1 aromatic rings. The minimum Gasteiger partial charge on any atom is -0.289 e. The van der Waals surface area contributed by atoms with Crippen LogP contribution in [0.1, 0.15) is 52.9 Å². The molecule has 7 heteroatoms. The summed E-state index contributed by atoms with van der Waals surface area (Å²) < 4.78 is 13.6. The van der Waals surface area contributed by atoms with E-state index >= 15 is 0 Å². The Morgan fingerprint density at radius 1 is 1.35 bits per heavy atom. The van der Waals surface area contributed by atoms with Crippen LogP contribution in [0.2, 0.25) is 0 Å². The normalized spacial score (nSPS) is 33.3. The fourth-order valence-corrected chi connectivity index (χ4v) is 4.65. The molecule has 0 aromatic carbocycles. The summed E-state index contributed by atoms with van der Waals surface area (Å²) >= 11 is 0. The number of carbonyl (C=O) groups excluding carboxylic acids is 1. The summed E-state index contributed by atoms with van der Waals surface area (Å²) in [5.74, 6) is 0.369. The lowest BCUT2D eigenvalue weighted by Crippen LogP contribution is -2.39. The second-order valence-corrected chi connectivity index (χ2v) is 8.59. The Labute approximate surface area is 154 Å². The van der Waals surface area contributed by atoms with Gasteiger partial charge in [0, 0.05) is 6.42 Å². The highest BCUT2D eigenvalue weighted by atomic mass is 19.1. The van der Waals surface area contributed by atoms with Gasteiger partial charge in [-0.15, -0.1) is 0 Å². The van der Waals surface area contributed by atoms with Gasteiger partial charge in [-0.1, -0.05) is 20.8 Å². The van der Waals surface area contributed by atoms with Crippen molar-refractivity contribution in [2.45, 2.75) is 71.8 Å². The van der Waals surface area contributed by atoms with E-state index in [1.54, 1.807) is 17.2 Å². The molecule has 0 N–H and O–H groups in total. The van der Waals surface area contributed by atoms with Crippen molar-refractivity contribution in [2.75, 3.05) is 6.54 Å². The molecule has 0 unspecified atom stereocenters. The molecule has 2 heterocycles. The molecule has 0 radical (unpaired) electrons. The Morgan fingerprint density at radius 3 is 2.69 bits per heavy atom. The molecule has 2 aliphatic rings. The molecule has 0 spiro atoms. The molecule has 1 saturated heterocycles. The zero-order valence-corrected chi connectivity index (χ0v) is 15.9. The maximum atomic E-state index is 13.6. The molecular formula is C19H28FN5O. The summed E-state index contributed by atoms with van der Waals surface area (Å²) in [7, 11) is 0. The first-order valence-corrected chi connectivity index (χ1v) is 9.41. The number of rotatable bonds is 5. The number of alkyl halides is 1. The molecular weight excluding hydrogens is 333 g/mol. The maximum absolute atomic E-state index is 13.6. The van der Waals surface area contributed by atoms with E-state index < -0.39 is 12.3 Å². The number of likely N-dealkylation sites (tertiary alicyclic amines) is 1. The molecule has 3 rings (SSSR count). The van der Waals surface area contributed by atoms with E-state index in [0.717, 1.165) is 25.8 Å². The van der Waals surface area contributed by atoms with Gasteiger partial charge in [-0.2, -0.15) is 15.0 Å². The number of amides is 1. The van der Waals surface area contributed by atoms with Gasteiger partial charge in [0.15, 0.2) is 0 Å². The third-order valence-electron chi connectivity index (χ3n) is 7.05. The molecule has 1 aromatic heterocycles. The van der Waals surface area contributed by atoms with Crippen molar-refractivity contribution in [3.63, 3.8) is 0 Å². The van der Waals surface area contributed by atoms with Gasteiger partial charge in [0.05, 0.1) is 31.9 Å². The molecule has 2 fully saturated rings. The smallest absolute Gasteiger partial charge is 0.289 e. The highest BCUT2D eigenvalue weighted by molar-refractivity contribution is 5.77. The van der Waals surface area contributed by atoms with E-state index in [4.69, 9.17) is 6.57 Å². The highest BCUT2D eigenvalue weighted by Gasteiger charge is 2.51. The van der Waals surface area contributed by atoms with E-state index in [9.17, 15) is 9.18 Å². The van der Waals surface area contributed by atoms with Gasteiger partial charge in [-0.05, 0) is 36.0 Å². The Kier molecular flexibility index (Phi) is 5.05. The summed E-state index contributed by atoms with van der Waals surface area (Å²) in [5, 5.41) is 8.45. The summed E-state index contributed by atoms with van der Waals surface area (Å²) in [6.07, 6.45) is 5.13. The fourth-order valence-electron chi connectivity index (χ4n) is 4.65. The molecule has 1 aliphatic carbocycles. The van der Waals surface area contributed by atoms with Crippen LogP contribution in [0.3, 0.4) is 0 Å². The minimum absolute atomic E-state index is 0.0307. The lowest BCUT2D eigenvalue weighted by molar-refractivity contribution is -0.132. The number of carbonyl (C=O) groups is 1. The van der Waals surface area contributed by atoms with Crippen LogP contribution in [0.25, 0.3) is 4.85 Å². The molecule has 6 nitrogen and oxygen atoms in total. The van der Waals surface area contributed by atoms with Crippen molar-refractivity contribution in [1.29, 1.82) is 0 Å². The number of nitrogens with zero attached hydrogens (tertiary/aromatic N) is 5. The van der Waals surface area contributed by atoms with Crippen molar-refractivity contribution in [2.24, 2.45) is 16.7 Å². The molecule has 1 aliphatic heterocycles. The zero-order chi connectivity index (χ0) is 18.9. The first-order valence-electron chi connectivity index (χ1n) is 9.41. The fraction of sp³-hybridized carbons (Fsp3) is 0.789. The van der Waals surface area contributed by atoms with Crippen molar-refractivity contribution < 1.29 is 9.18 Å². The molecule has 142 valence electrons. The number of aromatic nitrogens is 3. The van der Waals surface area contributed by atoms with E-state index in [2.05, 4.69) is 35.8 Å². The van der Waals surface area contributed by atoms with E-state index in [-0.39, 0.29) is 29.7 Å². The van der Waals surface area contributed by atoms with Crippen LogP contribution in [0.15, 0.2) is 12.4 Å². The van der Waals surface area contributed by atoms with Gasteiger partial charge in [0.1, 0.15) is 6.17 Å². The first-order chi connectivity index (χ1) is 12.3. The van der Waals surface area contributed by atoms with Crippen LogP contribution in [-0.2, 0) is 11.3 Å². The third kappa shape index (κ3) is 3.34. The minimum atomic E-state index is -1.07. The van der Waals surface area contributed by atoms with E-state index in [1.165, 1.54) is 4.90 Å². The van der Waals surface area contributed by atoms with Crippen molar-refractivity contribution in [3.8, 4) is 0 Å². The van der Waals surface area contributed by atoms with Gasteiger partial charge in [0.2, 0.25) is 5.91 Å². The molecule has 0 bridgehead atoms. The summed E-state index contributed by atoms with van der Waals surface area (Å²) in [6, 6.07) is 0. The average molecular weight is 361 g/mol. The number of halogens is 1. The quantitative estimate of drug-likeness (QED) is 0.756. The Bertz CT molecular complexity index is 683. The van der Waals surface area contributed by atoms with Gasteiger partial charge >= 0.3 is 6.17 Å². The Hall–Kier alpha value is -1.97. The standard InChI is InChI=1S/C19H28FN5O/c1-18(2)14(12-25-22-9-10-23-25)5-7-19(18,3)8-6-17(26)24-13-15(20)11-16(24)21-4/h9-10,14-16H,5-8,11-13H2,1-3H3/t14-,15-,16-,19+/m0/s1. The SMILES string of the molecule is [C-]#[N+][C@@H]1C[C@H](F)CN1C(=O)CC[C@@]1(C)CC[C@@H](Cn2nccn2)C1(C)C. The predicted molar refractivity (Wildman–Crippen MR) is 95.5 cm³/mol. The van der Waals surface area contributed by atoms with Crippen LogP contribution < -0.4 is 0 Å². The first kappa shape index (κ1) is 18.8. The van der Waals surface area contributed by atoms with Crippen molar-refractivity contribution in [3.05, 3.63) is 23.8 Å². The summed E-state index contributed by atoms with van der Waals surface area (Å²) in [5.41, 5.74) is 0.0800. The van der Waals surface area contributed by atoms with Gasteiger partial charge in [-0.3, -0.25) is 14.5 Å². The monoisotopic (exact) mass is 361 g/mol. The highest BCUT2D eigenvalue weighted by Crippen LogP contribution is 2.58. The van der Waals surface area contributed by atoms with E-state index in [1.807, 2.05) is 0 Å². The predicted octanol–water partition coefficient (Wildman–Crippen LogP) is 3.32. The second kappa shape index (κ2) is 6.98. The van der Waals surface area contributed by atoms with Crippen LogP contribution in [0.4, 0.5) is 4.39 Å². The maximum Gasteiger partial charge on any atom is 0.303 e. The lowest BCUT2D eigenvalue weighted by Gasteiger charge is -2.42. The van der Waals surface area contributed by atoms with Gasteiger partial charge in [-0.25, -0.2) is 11.0 Å². The van der Waals surface area contributed by atoms with Crippen LogP contribution in [0, 0.1) is 23.3 Å². The Morgan fingerprint density at radius 2 is 2.04 bits per heavy atom.